The summed E-state index contributed by atoms with van der Waals surface area (Å²) in [6.07, 6.45) is -3.69. The fourth-order valence-corrected chi connectivity index (χ4v) is 2.11. The maximum absolute atomic E-state index is 12.8. The molecule has 0 aliphatic heterocycles. The van der Waals surface area contributed by atoms with E-state index in [1.165, 1.54) is 16.4 Å². The second-order valence-electron chi connectivity index (χ2n) is 4.35. The summed E-state index contributed by atoms with van der Waals surface area (Å²) < 4.78 is 39.8. The van der Waals surface area contributed by atoms with E-state index in [0.717, 1.165) is 18.0 Å². The van der Waals surface area contributed by atoms with Gasteiger partial charge in [0.15, 0.2) is 0 Å². The van der Waals surface area contributed by atoms with Crippen molar-refractivity contribution in [1.82, 2.24) is 4.31 Å². The third-order valence-electron chi connectivity index (χ3n) is 2.53. The van der Waals surface area contributed by atoms with Crippen LogP contribution in [-0.4, -0.2) is 23.2 Å². The molecule has 0 atom stereocenters. The van der Waals surface area contributed by atoms with Crippen LogP contribution in [0.2, 0.25) is 0 Å². The molecule has 0 aliphatic carbocycles. The maximum Gasteiger partial charge on any atom is 0.417 e. The summed E-state index contributed by atoms with van der Waals surface area (Å²) in [5.74, 6) is 0. The second-order valence-corrected chi connectivity index (χ2v) is 5.52. The van der Waals surface area contributed by atoms with Gasteiger partial charge in [0.05, 0.1) is 11.1 Å². The predicted molar refractivity (Wildman–Crippen MR) is 65.2 cm³/mol. The van der Waals surface area contributed by atoms with Crippen LogP contribution in [0.3, 0.4) is 0 Å². The number of rotatable bonds is 4. The molecule has 0 N–H and O–H groups in total. The van der Waals surface area contributed by atoms with Gasteiger partial charge in [-0.1, -0.05) is 12.1 Å². The lowest BCUT2D eigenvalue weighted by atomic mass is 10.1. The van der Waals surface area contributed by atoms with Gasteiger partial charge in [-0.25, -0.2) is 4.31 Å². The number of aldehydes is 1. The second kappa shape index (κ2) is 5.32. The molecule has 0 unspecified atom stereocenters. The fraction of sp³-hybridized carbons (Fsp3) is 0.417. The Bertz CT molecular complexity index is 432. The fourth-order valence-electron chi connectivity index (χ4n) is 1.12. The highest BCUT2D eigenvalue weighted by molar-refractivity contribution is 7.97. The molecule has 1 aromatic rings. The summed E-state index contributed by atoms with van der Waals surface area (Å²) in [6, 6.07) is 5.31. The third kappa shape index (κ3) is 3.49. The van der Waals surface area contributed by atoms with Crippen molar-refractivity contribution < 1.29 is 18.0 Å². The van der Waals surface area contributed by atoms with Crippen LogP contribution in [0.15, 0.2) is 29.2 Å². The number of carbonyl (C=O) groups excluding carboxylic acids is 1. The molecule has 6 heteroatoms. The molecular formula is C12H14F3NOS. The highest BCUT2D eigenvalue weighted by Crippen LogP contribution is 2.38. The molecular weight excluding hydrogens is 263 g/mol. The Morgan fingerprint density at radius 3 is 2.28 bits per heavy atom. The molecule has 0 aromatic heterocycles. The molecule has 1 aromatic carbocycles. The quantitative estimate of drug-likeness (QED) is 0.619. The molecule has 0 amide bonds. The third-order valence-corrected chi connectivity index (χ3v) is 3.82. The molecule has 0 spiro atoms. The first kappa shape index (κ1) is 15.0. The molecule has 0 saturated carbocycles. The molecule has 0 aliphatic rings. The van der Waals surface area contributed by atoms with E-state index >= 15 is 0 Å². The number of benzene rings is 1. The van der Waals surface area contributed by atoms with E-state index in [1.54, 1.807) is 27.0 Å². The Morgan fingerprint density at radius 1 is 1.22 bits per heavy atom. The Balaban J connectivity index is 3.02. The van der Waals surface area contributed by atoms with Crippen LogP contribution in [0.4, 0.5) is 13.2 Å². The molecule has 0 bridgehead atoms. The molecule has 100 valence electrons. The maximum atomic E-state index is 12.8. The zero-order valence-corrected chi connectivity index (χ0v) is 11.1. The SMILES string of the molecule is CN(Sc1ccccc1C(F)(F)F)C(C)(C)C=O. The molecule has 0 heterocycles. The average molecular weight is 277 g/mol. The van der Waals surface area contributed by atoms with E-state index in [2.05, 4.69) is 0 Å². The first-order valence-corrected chi connectivity index (χ1v) is 6.00. The molecule has 18 heavy (non-hydrogen) atoms. The highest BCUT2D eigenvalue weighted by Gasteiger charge is 2.34. The first-order valence-electron chi connectivity index (χ1n) is 5.23. The lowest BCUT2D eigenvalue weighted by Crippen LogP contribution is -2.37. The molecule has 0 radical (unpaired) electrons. The van der Waals surface area contributed by atoms with Crippen LogP contribution in [0, 0.1) is 0 Å². The van der Waals surface area contributed by atoms with Gasteiger partial charge < -0.3 is 4.79 Å². The lowest BCUT2D eigenvalue weighted by Gasteiger charge is -2.29. The average Bonchev–Trinajstić information content (AvgIpc) is 2.28. The summed E-state index contributed by atoms with van der Waals surface area (Å²) >= 11 is 0.911. The molecule has 2 nitrogen and oxygen atoms in total. The predicted octanol–water partition coefficient (Wildman–Crippen LogP) is 3.62. The van der Waals surface area contributed by atoms with Crippen LogP contribution < -0.4 is 0 Å². The van der Waals surface area contributed by atoms with E-state index < -0.39 is 17.3 Å². The van der Waals surface area contributed by atoms with Crippen molar-refractivity contribution in [3.8, 4) is 0 Å². The van der Waals surface area contributed by atoms with Crippen molar-refractivity contribution in [3.63, 3.8) is 0 Å². The lowest BCUT2D eigenvalue weighted by molar-refractivity contribution is -0.139. The summed E-state index contributed by atoms with van der Waals surface area (Å²) in [5, 5.41) is 0. The van der Waals surface area contributed by atoms with Crippen molar-refractivity contribution in [1.29, 1.82) is 0 Å². The van der Waals surface area contributed by atoms with Crippen molar-refractivity contribution in [3.05, 3.63) is 29.8 Å². The van der Waals surface area contributed by atoms with Crippen LogP contribution >= 0.6 is 11.9 Å². The van der Waals surface area contributed by atoms with Gasteiger partial charge in [0, 0.05) is 4.90 Å². The summed E-state index contributed by atoms with van der Waals surface area (Å²) in [6.45, 7) is 3.28. The van der Waals surface area contributed by atoms with Crippen LogP contribution in [0.25, 0.3) is 0 Å². The number of hydrogen-bond donors (Lipinski definition) is 0. The number of likely N-dealkylation sites (N-methyl/N-ethyl adjacent to an activating group) is 1. The summed E-state index contributed by atoms with van der Waals surface area (Å²) in [4.78, 5) is 10.9. The smallest absolute Gasteiger partial charge is 0.301 e. The summed E-state index contributed by atoms with van der Waals surface area (Å²) in [5.41, 5.74) is -1.52. The van der Waals surface area contributed by atoms with Gasteiger partial charge in [0.25, 0.3) is 0 Å². The van der Waals surface area contributed by atoms with E-state index in [0.29, 0.717) is 6.29 Å². The van der Waals surface area contributed by atoms with E-state index in [4.69, 9.17) is 0 Å². The Morgan fingerprint density at radius 2 is 1.78 bits per heavy atom. The molecule has 0 saturated heterocycles. The number of carbonyl (C=O) groups is 1. The van der Waals surface area contributed by atoms with Gasteiger partial charge >= 0.3 is 6.18 Å². The van der Waals surface area contributed by atoms with Gasteiger partial charge in [-0.2, -0.15) is 13.2 Å². The van der Waals surface area contributed by atoms with Crippen LogP contribution in [0.5, 0.6) is 0 Å². The topological polar surface area (TPSA) is 20.3 Å². The van der Waals surface area contributed by atoms with Gasteiger partial charge in [-0.15, -0.1) is 0 Å². The van der Waals surface area contributed by atoms with Crippen LogP contribution in [-0.2, 0) is 11.0 Å². The Labute approximate surface area is 108 Å². The van der Waals surface area contributed by atoms with Crippen molar-refractivity contribution in [2.24, 2.45) is 0 Å². The van der Waals surface area contributed by atoms with E-state index in [9.17, 15) is 18.0 Å². The highest BCUT2D eigenvalue weighted by atomic mass is 32.2. The van der Waals surface area contributed by atoms with Gasteiger partial charge in [-0.05, 0) is 45.0 Å². The van der Waals surface area contributed by atoms with Crippen molar-refractivity contribution in [2.75, 3.05) is 7.05 Å². The minimum Gasteiger partial charge on any atom is -0.301 e. The zero-order chi connectivity index (χ0) is 14.0. The number of hydrogen-bond acceptors (Lipinski definition) is 3. The standard InChI is InChI=1S/C12H14F3NOS/c1-11(2,8-17)16(3)18-10-7-5-4-6-9(10)12(13,14)15/h4-8H,1-3H3. The number of halogens is 3. The summed E-state index contributed by atoms with van der Waals surface area (Å²) in [7, 11) is 1.59. The van der Waals surface area contributed by atoms with E-state index in [1.807, 2.05) is 0 Å². The minimum atomic E-state index is -4.39. The first-order chi connectivity index (χ1) is 8.18. The number of nitrogens with zero attached hydrogens (tertiary/aromatic N) is 1. The Hall–Kier alpha value is -1.01. The largest absolute Gasteiger partial charge is 0.417 e. The van der Waals surface area contributed by atoms with E-state index in [-0.39, 0.29) is 4.90 Å². The van der Waals surface area contributed by atoms with Gasteiger partial charge in [-0.3, -0.25) is 0 Å². The normalized spacial score (nSPS) is 12.8. The molecule has 1 rings (SSSR count). The zero-order valence-electron chi connectivity index (χ0n) is 10.3. The van der Waals surface area contributed by atoms with Crippen molar-refractivity contribution in [2.45, 2.75) is 30.5 Å². The minimum absolute atomic E-state index is 0.0856. The Kier molecular flexibility index (Phi) is 4.45. The molecule has 0 fully saturated rings. The number of alkyl halides is 3. The monoisotopic (exact) mass is 277 g/mol. The van der Waals surface area contributed by atoms with Gasteiger partial charge in [0.2, 0.25) is 0 Å². The van der Waals surface area contributed by atoms with Crippen molar-refractivity contribution >= 4 is 18.2 Å². The van der Waals surface area contributed by atoms with Crippen LogP contribution in [0.1, 0.15) is 19.4 Å². The van der Waals surface area contributed by atoms with Gasteiger partial charge in [0.1, 0.15) is 6.29 Å².